The molecule has 3 nitrogen and oxygen atoms in total. The molecule has 0 heterocycles. The molecule has 0 amide bonds. The molecule has 8 heteroatoms. The summed E-state index contributed by atoms with van der Waals surface area (Å²) in [5.41, 5.74) is -5.44. The van der Waals surface area contributed by atoms with Crippen molar-refractivity contribution < 1.29 is 58.5 Å². The largest absolute Gasteiger partial charge is 3.00 e. The smallest absolute Gasteiger partial charge is 0.386 e. The molecule has 2 aromatic carbocycles. The Morgan fingerprint density at radius 2 is 1.84 bits per heavy atom. The molecule has 2 rings (SSSR count). The van der Waals surface area contributed by atoms with Gasteiger partial charge in [-0.2, -0.15) is 21.6 Å². The summed E-state index contributed by atoms with van der Waals surface area (Å²) in [6, 6.07) is 11.5. The molecular weight excluding hydrogens is 358 g/mol. The summed E-state index contributed by atoms with van der Waals surface area (Å²) in [6.07, 6.45) is 0. The van der Waals surface area contributed by atoms with Crippen molar-refractivity contribution in [3.05, 3.63) is 42.5 Å². The van der Waals surface area contributed by atoms with Crippen LogP contribution in [0.1, 0.15) is 0 Å². The molecule has 0 aliphatic rings. The van der Waals surface area contributed by atoms with Gasteiger partial charge in [0.15, 0.2) is 0 Å². The SMILES string of the molecule is O=S(=O)(Oc1ccc2ccc[c-]c2c1)C(F)(F)F.[Y+3]. The monoisotopic (exact) mass is 364 g/mol. The molecule has 0 saturated carbocycles. The third-order valence-electron chi connectivity index (χ3n) is 2.13. The Kier molecular flexibility index (Phi) is 4.98. The maximum atomic E-state index is 12.1. The quantitative estimate of drug-likeness (QED) is 0.468. The van der Waals surface area contributed by atoms with Crippen LogP contribution in [0.4, 0.5) is 13.2 Å². The first-order valence-corrected chi connectivity index (χ1v) is 6.12. The van der Waals surface area contributed by atoms with Gasteiger partial charge in [0.1, 0.15) is 5.75 Å². The second-order valence-electron chi connectivity index (χ2n) is 3.40. The molecule has 0 spiro atoms. The predicted molar refractivity (Wildman–Crippen MR) is 58.4 cm³/mol. The van der Waals surface area contributed by atoms with E-state index in [0.717, 1.165) is 6.07 Å². The molecule has 0 aliphatic carbocycles. The molecule has 0 fully saturated rings. The number of halogens is 3. The Balaban J connectivity index is 0.00000180. The second kappa shape index (κ2) is 5.77. The van der Waals surface area contributed by atoms with Gasteiger partial charge in [-0.3, -0.25) is 0 Å². The maximum Gasteiger partial charge on any atom is 3.00 e. The number of alkyl halides is 3. The molecule has 96 valence electrons. The Labute approximate surface area is 132 Å². The van der Waals surface area contributed by atoms with E-state index in [-0.39, 0.29) is 32.7 Å². The fraction of sp³-hybridized carbons (Fsp3) is 0.0909. The van der Waals surface area contributed by atoms with Gasteiger partial charge < -0.3 is 4.18 Å². The molecule has 0 N–H and O–H groups in total. The van der Waals surface area contributed by atoms with Crippen molar-refractivity contribution >= 4 is 20.9 Å². The zero-order valence-electron chi connectivity index (χ0n) is 9.31. The summed E-state index contributed by atoms with van der Waals surface area (Å²) in [4.78, 5) is 0. The first-order valence-electron chi connectivity index (χ1n) is 4.71. The van der Waals surface area contributed by atoms with Crippen LogP contribution < -0.4 is 4.18 Å². The topological polar surface area (TPSA) is 43.4 Å². The molecule has 0 unspecified atom stereocenters. The van der Waals surface area contributed by atoms with Crippen molar-refractivity contribution in [2.45, 2.75) is 5.51 Å². The van der Waals surface area contributed by atoms with E-state index in [1.54, 1.807) is 18.2 Å². The van der Waals surface area contributed by atoms with Gasteiger partial charge in [0, 0.05) is 0 Å². The van der Waals surface area contributed by atoms with E-state index in [9.17, 15) is 21.6 Å². The Morgan fingerprint density at radius 3 is 2.47 bits per heavy atom. The van der Waals surface area contributed by atoms with E-state index in [0.29, 0.717) is 10.8 Å². The van der Waals surface area contributed by atoms with E-state index in [2.05, 4.69) is 10.2 Å². The number of fused-ring (bicyclic) bond motifs is 1. The maximum absolute atomic E-state index is 12.1. The van der Waals surface area contributed by atoms with Gasteiger partial charge in [0.05, 0.1) is 0 Å². The minimum atomic E-state index is -5.63. The standard InChI is InChI=1S/C11H6F3O3S.Y/c12-11(13,14)18(15,16)17-10-6-5-8-3-1-2-4-9(8)7-10;/h1-3,5-7H;/q-1;+3. The number of hydrogen-bond acceptors (Lipinski definition) is 3. The van der Waals surface area contributed by atoms with Crippen LogP contribution in [0.2, 0.25) is 0 Å². The van der Waals surface area contributed by atoms with Crippen LogP contribution in [0.3, 0.4) is 0 Å². The number of hydrogen-bond donors (Lipinski definition) is 0. The molecule has 19 heavy (non-hydrogen) atoms. The normalized spacial score (nSPS) is 11.9. The zero-order chi connectivity index (χ0) is 13.4. The van der Waals surface area contributed by atoms with Crippen molar-refractivity contribution in [1.82, 2.24) is 0 Å². The van der Waals surface area contributed by atoms with Gasteiger partial charge in [0.2, 0.25) is 0 Å². The van der Waals surface area contributed by atoms with Gasteiger partial charge in [0.25, 0.3) is 0 Å². The van der Waals surface area contributed by atoms with E-state index >= 15 is 0 Å². The summed E-state index contributed by atoms with van der Waals surface area (Å²) < 4.78 is 61.9. The summed E-state index contributed by atoms with van der Waals surface area (Å²) in [7, 11) is -5.63. The number of rotatable bonds is 2. The molecule has 0 radical (unpaired) electrons. The van der Waals surface area contributed by atoms with Crippen LogP contribution in [-0.2, 0) is 42.8 Å². The van der Waals surface area contributed by atoms with E-state index < -0.39 is 21.4 Å². The zero-order valence-corrected chi connectivity index (χ0v) is 13.0. The summed E-state index contributed by atoms with van der Waals surface area (Å²) in [5.74, 6) is -0.401. The molecule has 0 saturated heterocycles. The van der Waals surface area contributed by atoms with Crippen molar-refractivity contribution in [2.24, 2.45) is 0 Å². The minimum absolute atomic E-state index is 0. The molecule has 0 atom stereocenters. The first-order chi connectivity index (χ1) is 8.29. The van der Waals surface area contributed by atoms with Gasteiger partial charge in [-0.05, 0) is 6.07 Å². The van der Waals surface area contributed by atoms with Gasteiger partial charge in [-0.1, -0.05) is 12.1 Å². The van der Waals surface area contributed by atoms with E-state index in [1.807, 2.05) is 0 Å². The third-order valence-corrected chi connectivity index (χ3v) is 3.10. The second-order valence-corrected chi connectivity index (χ2v) is 4.94. The first kappa shape index (κ1) is 16.4. The molecule has 0 aromatic heterocycles. The van der Waals surface area contributed by atoms with Crippen LogP contribution in [-0.4, -0.2) is 13.9 Å². The van der Waals surface area contributed by atoms with Crippen molar-refractivity contribution in [2.75, 3.05) is 0 Å². The van der Waals surface area contributed by atoms with Crippen molar-refractivity contribution in [1.29, 1.82) is 0 Å². The average Bonchev–Trinajstić information content (AvgIpc) is 2.27. The van der Waals surface area contributed by atoms with E-state index in [1.165, 1.54) is 12.1 Å². The summed E-state index contributed by atoms with van der Waals surface area (Å²) in [6.45, 7) is 0. The average molecular weight is 364 g/mol. The molecular formula is C11H6F3O3SY+2. The summed E-state index contributed by atoms with van der Waals surface area (Å²) >= 11 is 0. The fourth-order valence-corrected chi connectivity index (χ4v) is 1.77. The Bertz CT molecular complexity index is 683. The van der Waals surface area contributed by atoms with Crippen molar-refractivity contribution in [3.8, 4) is 5.75 Å². The molecule has 2 aromatic rings. The van der Waals surface area contributed by atoms with Crippen LogP contribution in [0.25, 0.3) is 10.8 Å². The van der Waals surface area contributed by atoms with Crippen molar-refractivity contribution in [3.63, 3.8) is 0 Å². The van der Waals surface area contributed by atoms with Crippen LogP contribution >= 0.6 is 0 Å². The van der Waals surface area contributed by atoms with Gasteiger partial charge >= 0.3 is 48.3 Å². The van der Waals surface area contributed by atoms with Crippen LogP contribution in [0.15, 0.2) is 36.4 Å². The van der Waals surface area contributed by atoms with Gasteiger partial charge in [-0.25, -0.2) is 0 Å². The van der Waals surface area contributed by atoms with Crippen LogP contribution in [0.5, 0.6) is 5.75 Å². The van der Waals surface area contributed by atoms with Crippen LogP contribution in [0, 0.1) is 6.07 Å². The Morgan fingerprint density at radius 1 is 1.16 bits per heavy atom. The third kappa shape index (κ3) is 3.67. The number of benzene rings is 2. The predicted octanol–water partition coefficient (Wildman–Crippen LogP) is 2.87. The van der Waals surface area contributed by atoms with E-state index in [4.69, 9.17) is 0 Å². The minimum Gasteiger partial charge on any atom is -0.386 e. The Hall–Kier alpha value is -0.656. The van der Waals surface area contributed by atoms with Gasteiger partial charge in [-0.15, -0.1) is 35.0 Å². The fourth-order valence-electron chi connectivity index (χ4n) is 1.32. The summed E-state index contributed by atoms with van der Waals surface area (Å²) in [5, 5.41) is 1.18. The molecule has 0 aliphatic heterocycles. The molecule has 0 bridgehead atoms.